The number of ketones is 1. The minimum Gasteiger partial charge on any atom is -0.467 e. The lowest BCUT2D eigenvalue weighted by Gasteiger charge is -2.13. The van der Waals surface area contributed by atoms with Crippen LogP contribution in [0.3, 0.4) is 0 Å². The Labute approximate surface area is 107 Å². The SMILES string of the molecule is C=C/C=C(\OC=C)C(=O)C(O)/C(=C/C=C)OC=C. The van der Waals surface area contributed by atoms with Gasteiger partial charge in [0, 0.05) is 0 Å². The van der Waals surface area contributed by atoms with Gasteiger partial charge in [-0.2, -0.15) is 0 Å². The van der Waals surface area contributed by atoms with Crippen LogP contribution in [0.25, 0.3) is 0 Å². The van der Waals surface area contributed by atoms with Gasteiger partial charge in [0.25, 0.3) is 0 Å². The highest BCUT2D eigenvalue weighted by Crippen LogP contribution is 2.13. The minimum atomic E-state index is -1.52. The van der Waals surface area contributed by atoms with Crippen molar-refractivity contribution < 1.29 is 19.4 Å². The van der Waals surface area contributed by atoms with Crippen molar-refractivity contribution in [2.75, 3.05) is 0 Å². The molecule has 0 saturated heterocycles. The Morgan fingerprint density at radius 2 is 1.56 bits per heavy atom. The Morgan fingerprint density at radius 1 is 1.00 bits per heavy atom. The molecule has 0 saturated carbocycles. The average Bonchev–Trinajstić information content (AvgIpc) is 2.36. The van der Waals surface area contributed by atoms with E-state index >= 15 is 0 Å². The van der Waals surface area contributed by atoms with Crippen LogP contribution in [0.5, 0.6) is 0 Å². The molecule has 18 heavy (non-hydrogen) atoms. The summed E-state index contributed by atoms with van der Waals surface area (Å²) in [4.78, 5) is 11.9. The molecule has 0 heterocycles. The van der Waals surface area contributed by atoms with Crippen molar-refractivity contribution in [1.29, 1.82) is 0 Å². The van der Waals surface area contributed by atoms with Crippen LogP contribution in [-0.4, -0.2) is 17.0 Å². The smallest absolute Gasteiger partial charge is 0.234 e. The molecule has 4 heteroatoms. The lowest BCUT2D eigenvalue weighted by atomic mass is 10.1. The number of aliphatic hydroxyl groups excluding tert-OH is 1. The molecule has 4 nitrogen and oxygen atoms in total. The van der Waals surface area contributed by atoms with E-state index in [0.29, 0.717) is 0 Å². The zero-order valence-electron chi connectivity index (χ0n) is 10.0. The van der Waals surface area contributed by atoms with Gasteiger partial charge in [-0.3, -0.25) is 4.79 Å². The molecule has 0 aliphatic heterocycles. The molecule has 0 aromatic carbocycles. The first-order valence-electron chi connectivity index (χ1n) is 5.05. The first-order chi connectivity index (χ1) is 8.62. The molecule has 0 aromatic heterocycles. The van der Waals surface area contributed by atoms with Crippen LogP contribution in [0.4, 0.5) is 0 Å². The fourth-order valence-electron chi connectivity index (χ4n) is 1.05. The molecule has 0 aromatic rings. The number of hydrogen-bond acceptors (Lipinski definition) is 4. The Balaban J connectivity index is 5.14. The maximum Gasteiger partial charge on any atom is 0.234 e. The molecule has 0 amide bonds. The molecule has 96 valence electrons. The molecule has 1 unspecified atom stereocenters. The Kier molecular flexibility index (Phi) is 7.64. The van der Waals surface area contributed by atoms with Crippen LogP contribution in [0.15, 0.2) is 74.7 Å². The maximum absolute atomic E-state index is 11.9. The summed E-state index contributed by atoms with van der Waals surface area (Å²) < 4.78 is 9.80. The van der Waals surface area contributed by atoms with Crippen molar-refractivity contribution in [3.8, 4) is 0 Å². The lowest BCUT2D eigenvalue weighted by Crippen LogP contribution is -2.25. The van der Waals surface area contributed by atoms with Crippen LogP contribution in [0, 0.1) is 0 Å². The fraction of sp³-hybridized carbons (Fsp3) is 0.0714. The molecule has 0 aliphatic carbocycles. The van der Waals surface area contributed by atoms with E-state index in [1.54, 1.807) is 0 Å². The number of allylic oxidation sites excluding steroid dienone is 4. The highest BCUT2D eigenvalue weighted by Gasteiger charge is 2.25. The monoisotopic (exact) mass is 248 g/mol. The Bertz CT molecular complexity index is 402. The van der Waals surface area contributed by atoms with Crippen molar-refractivity contribution in [2.45, 2.75) is 6.10 Å². The van der Waals surface area contributed by atoms with Gasteiger partial charge >= 0.3 is 0 Å². The number of rotatable bonds is 9. The maximum atomic E-state index is 11.9. The minimum absolute atomic E-state index is 0.00683. The van der Waals surface area contributed by atoms with Crippen LogP contribution >= 0.6 is 0 Å². The third-order valence-electron chi connectivity index (χ3n) is 1.74. The summed E-state index contributed by atoms with van der Waals surface area (Å²) in [6.45, 7) is 13.6. The fourth-order valence-corrected chi connectivity index (χ4v) is 1.05. The Hall–Kier alpha value is -2.33. The highest BCUT2D eigenvalue weighted by atomic mass is 16.5. The van der Waals surface area contributed by atoms with Crippen LogP contribution < -0.4 is 0 Å². The summed E-state index contributed by atoms with van der Waals surface area (Å²) in [5, 5.41) is 9.84. The molecule has 0 fully saturated rings. The number of carbonyl (C=O) groups is 1. The van der Waals surface area contributed by atoms with Gasteiger partial charge in [-0.1, -0.05) is 38.5 Å². The number of Topliss-reactive ketones (excluding diaryl/α,β-unsaturated/α-hetero) is 1. The van der Waals surface area contributed by atoms with Gasteiger partial charge in [0.15, 0.2) is 11.9 Å². The van der Waals surface area contributed by atoms with Crippen LogP contribution in [0.1, 0.15) is 0 Å². The number of hydrogen-bond donors (Lipinski definition) is 1. The summed E-state index contributed by atoms with van der Waals surface area (Å²) in [7, 11) is 0. The van der Waals surface area contributed by atoms with E-state index < -0.39 is 11.9 Å². The second kappa shape index (κ2) is 8.78. The van der Waals surface area contributed by atoms with Gasteiger partial charge in [0.1, 0.15) is 5.76 Å². The van der Waals surface area contributed by atoms with Crippen molar-refractivity contribution >= 4 is 5.78 Å². The topological polar surface area (TPSA) is 55.8 Å². The predicted molar refractivity (Wildman–Crippen MR) is 70.1 cm³/mol. The second-order valence-electron chi connectivity index (χ2n) is 2.91. The van der Waals surface area contributed by atoms with E-state index in [1.165, 1.54) is 24.3 Å². The molecule has 1 atom stereocenters. The zero-order valence-corrected chi connectivity index (χ0v) is 10.0. The molecule has 0 spiro atoms. The number of ether oxygens (including phenoxy) is 2. The van der Waals surface area contributed by atoms with Crippen LogP contribution in [-0.2, 0) is 14.3 Å². The van der Waals surface area contributed by atoms with E-state index in [2.05, 4.69) is 26.3 Å². The highest BCUT2D eigenvalue weighted by molar-refractivity contribution is 5.99. The number of carbonyl (C=O) groups excluding carboxylic acids is 1. The third-order valence-corrected chi connectivity index (χ3v) is 1.74. The van der Waals surface area contributed by atoms with E-state index in [1.807, 2.05) is 0 Å². The van der Waals surface area contributed by atoms with Crippen molar-refractivity contribution in [2.24, 2.45) is 0 Å². The quantitative estimate of drug-likeness (QED) is 0.386. The van der Waals surface area contributed by atoms with Gasteiger partial charge in [0.2, 0.25) is 5.78 Å². The van der Waals surface area contributed by atoms with Gasteiger partial charge in [0.05, 0.1) is 12.5 Å². The second-order valence-corrected chi connectivity index (χ2v) is 2.91. The Morgan fingerprint density at radius 3 is 2.00 bits per heavy atom. The lowest BCUT2D eigenvalue weighted by molar-refractivity contribution is -0.125. The third kappa shape index (κ3) is 4.67. The summed E-state index contributed by atoms with van der Waals surface area (Å²) in [6, 6.07) is 0. The first-order valence-corrected chi connectivity index (χ1v) is 5.05. The summed E-state index contributed by atoms with van der Waals surface area (Å²) in [6.07, 6.45) is 6.04. The average molecular weight is 248 g/mol. The summed E-state index contributed by atoms with van der Waals surface area (Å²) in [5.41, 5.74) is 0. The molecule has 1 N–H and O–H groups in total. The standard InChI is InChI=1S/C14H16O4/c1-5-9-11(17-7-3)13(15)14(16)12(10-6-2)18-8-4/h5-10,13,15H,1-4H2/b11-9-,12-10-. The van der Waals surface area contributed by atoms with Crippen molar-refractivity contribution in [3.63, 3.8) is 0 Å². The van der Waals surface area contributed by atoms with E-state index in [9.17, 15) is 9.90 Å². The molecule has 0 aliphatic rings. The van der Waals surface area contributed by atoms with E-state index in [-0.39, 0.29) is 11.5 Å². The first kappa shape index (κ1) is 15.7. The van der Waals surface area contributed by atoms with Crippen molar-refractivity contribution in [1.82, 2.24) is 0 Å². The van der Waals surface area contributed by atoms with Crippen LogP contribution in [0.2, 0.25) is 0 Å². The summed E-state index contributed by atoms with van der Waals surface area (Å²) in [5.74, 6) is -0.799. The zero-order chi connectivity index (χ0) is 14.0. The van der Waals surface area contributed by atoms with E-state index in [4.69, 9.17) is 9.47 Å². The molecule has 0 rings (SSSR count). The largest absolute Gasteiger partial charge is 0.467 e. The van der Waals surface area contributed by atoms with Gasteiger partial charge < -0.3 is 14.6 Å². The molecule has 0 radical (unpaired) electrons. The molecule has 0 bridgehead atoms. The molecular formula is C14H16O4. The summed E-state index contributed by atoms with van der Waals surface area (Å²) >= 11 is 0. The van der Waals surface area contributed by atoms with E-state index in [0.717, 1.165) is 12.5 Å². The number of aliphatic hydroxyl groups is 1. The van der Waals surface area contributed by atoms with Gasteiger partial charge in [-0.15, -0.1) is 0 Å². The predicted octanol–water partition coefficient (Wildman–Crippen LogP) is 2.38. The van der Waals surface area contributed by atoms with Crippen molar-refractivity contribution in [3.05, 3.63) is 74.7 Å². The normalized spacial score (nSPS) is 13.2. The van der Waals surface area contributed by atoms with Gasteiger partial charge in [-0.05, 0) is 12.2 Å². The van der Waals surface area contributed by atoms with Gasteiger partial charge in [-0.25, -0.2) is 0 Å². The molecular weight excluding hydrogens is 232 g/mol.